The van der Waals surface area contributed by atoms with E-state index < -0.39 is 0 Å². The molecular weight excluding hydrogens is 210 g/mol. The van der Waals surface area contributed by atoms with Crippen molar-refractivity contribution in [3.05, 3.63) is 30.3 Å². The summed E-state index contributed by atoms with van der Waals surface area (Å²) in [4.78, 5) is 13.0. The second-order valence-electron chi connectivity index (χ2n) is 3.18. The Morgan fingerprint density at radius 3 is 2.60 bits per heavy atom. The normalized spacial score (nSPS) is 11.9. The highest BCUT2D eigenvalue weighted by Crippen LogP contribution is 2.12. The van der Waals surface area contributed by atoms with Crippen LogP contribution in [0.5, 0.6) is 5.75 Å². The molecule has 0 bridgehead atoms. The Balaban J connectivity index is 2.56. The van der Waals surface area contributed by atoms with Crippen LogP contribution in [0.3, 0.4) is 0 Å². The number of nitrogens with zero attached hydrogens (tertiary/aromatic N) is 1. The van der Waals surface area contributed by atoms with E-state index in [-0.39, 0.29) is 11.5 Å². The first-order valence-corrected chi connectivity index (χ1v) is 5.34. The monoisotopic (exact) mass is 225 g/mol. The lowest BCUT2D eigenvalue weighted by Gasteiger charge is -2.21. The van der Waals surface area contributed by atoms with Crippen molar-refractivity contribution in [2.45, 2.75) is 18.7 Å². The van der Waals surface area contributed by atoms with Crippen molar-refractivity contribution in [1.82, 2.24) is 4.90 Å². The van der Waals surface area contributed by atoms with E-state index in [1.54, 1.807) is 19.2 Å². The molecule has 0 aromatic heterocycles. The van der Waals surface area contributed by atoms with Crippen molar-refractivity contribution in [2.24, 2.45) is 0 Å². The lowest BCUT2D eigenvalue weighted by molar-refractivity contribution is 0.159. The Hall–Kier alpha value is -1.16. The number of carbonyl (C=O) groups is 1. The maximum absolute atomic E-state index is 11.6. The summed E-state index contributed by atoms with van der Waals surface area (Å²) in [6.45, 7) is 1.96. The molecular formula is C11H15NO2S. The molecule has 1 atom stereocenters. The SMILES string of the molecule is CCC(S)N(C)C(=O)Oc1ccccc1. The minimum absolute atomic E-state index is 0.110. The van der Waals surface area contributed by atoms with Gasteiger partial charge in [0.05, 0.1) is 5.37 Å². The molecule has 0 aliphatic heterocycles. The molecule has 82 valence electrons. The lowest BCUT2D eigenvalue weighted by atomic mass is 10.3. The number of para-hydroxylation sites is 1. The topological polar surface area (TPSA) is 29.5 Å². The molecule has 0 aliphatic carbocycles. The number of carbonyl (C=O) groups excluding carboxylic acids is 1. The van der Waals surface area contributed by atoms with Gasteiger partial charge >= 0.3 is 6.09 Å². The quantitative estimate of drug-likeness (QED) is 0.633. The first-order chi connectivity index (χ1) is 7.15. The fraction of sp³-hybridized carbons (Fsp3) is 0.364. The van der Waals surface area contributed by atoms with Crippen molar-refractivity contribution < 1.29 is 9.53 Å². The number of hydrogen-bond acceptors (Lipinski definition) is 3. The summed E-state index contributed by atoms with van der Waals surface area (Å²) in [5.74, 6) is 0.547. The number of hydrogen-bond donors (Lipinski definition) is 1. The summed E-state index contributed by atoms with van der Waals surface area (Å²) in [5.41, 5.74) is 0. The van der Waals surface area contributed by atoms with Crippen molar-refractivity contribution in [3.63, 3.8) is 0 Å². The predicted molar refractivity (Wildman–Crippen MR) is 63.3 cm³/mol. The molecule has 0 saturated heterocycles. The second kappa shape index (κ2) is 5.66. The van der Waals surface area contributed by atoms with Crippen LogP contribution < -0.4 is 4.74 Å². The molecule has 0 saturated carbocycles. The summed E-state index contributed by atoms with van der Waals surface area (Å²) < 4.78 is 5.14. The summed E-state index contributed by atoms with van der Waals surface area (Å²) in [7, 11) is 1.67. The zero-order chi connectivity index (χ0) is 11.3. The zero-order valence-electron chi connectivity index (χ0n) is 8.88. The van der Waals surface area contributed by atoms with E-state index in [0.717, 1.165) is 6.42 Å². The molecule has 0 spiro atoms. The van der Waals surface area contributed by atoms with Gasteiger partial charge in [0.25, 0.3) is 0 Å². The van der Waals surface area contributed by atoms with Gasteiger partial charge < -0.3 is 4.74 Å². The number of thiol groups is 1. The molecule has 0 heterocycles. The van der Waals surface area contributed by atoms with Gasteiger partial charge in [-0.15, -0.1) is 0 Å². The highest BCUT2D eigenvalue weighted by atomic mass is 32.1. The van der Waals surface area contributed by atoms with Crippen molar-refractivity contribution in [3.8, 4) is 5.75 Å². The fourth-order valence-electron chi connectivity index (χ4n) is 1.06. The highest BCUT2D eigenvalue weighted by molar-refractivity contribution is 7.80. The highest BCUT2D eigenvalue weighted by Gasteiger charge is 2.16. The maximum atomic E-state index is 11.6. The third kappa shape index (κ3) is 3.47. The number of amides is 1. The average molecular weight is 225 g/mol. The van der Waals surface area contributed by atoms with E-state index >= 15 is 0 Å². The first kappa shape index (κ1) is 11.9. The van der Waals surface area contributed by atoms with E-state index in [1.807, 2.05) is 25.1 Å². The molecule has 3 nitrogen and oxygen atoms in total. The van der Waals surface area contributed by atoms with Gasteiger partial charge in [0.2, 0.25) is 0 Å². The maximum Gasteiger partial charge on any atom is 0.415 e. The Morgan fingerprint density at radius 2 is 2.07 bits per heavy atom. The van der Waals surface area contributed by atoms with Crippen LogP contribution in [0.15, 0.2) is 30.3 Å². The van der Waals surface area contributed by atoms with Gasteiger partial charge in [0.15, 0.2) is 0 Å². The van der Waals surface area contributed by atoms with Gasteiger partial charge in [0.1, 0.15) is 5.75 Å². The summed E-state index contributed by atoms with van der Waals surface area (Å²) in [6.07, 6.45) is 0.395. The molecule has 1 aromatic carbocycles. The molecule has 1 aromatic rings. The Bertz CT molecular complexity index is 316. The molecule has 1 amide bonds. The lowest BCUT2D eigenvalue weighted by Crippen LogP contribution is -2.35. The predicted octanol–water partition coefficient (Wildman–Crippen LogP) is 2.78. The first-order valence-electron chi connectivity index (χ1n) is 4.83. The van der Waals surface area contributed by atoms with Crippen LogP contribution in [0, 0.1) is 0 Å². The van der Waals surface area contributed by atoms with Gasteiger partial charge in [-0.25, -0.2) is 4.79 Å². The number of benzene rings is 1. The molecule has 4 heteroatoms. The Labute approximate surface area is 95.4 Å². The average Bonchev–Trinajstić information content (AvgIpc) is 2.28. The van der Waals surface area contributed by atoms with Crippen molar-refractivity contribution in [2.75, 3.05) is 7.05 Å². The van der Waals surface area contributed by atoms with Crippen molar-refractivity contribution >= 4 is 18.7 Å². The largest absolute Gasteiger partial charge is 0.415 e. The Morgan fingerprint density at radius 1 is 1.47 bits per heavy atom. The smallest absolute Gasteiger partial charge is 0.410 e. The van der Waals surface area contributed by atoms with Crippen LogP contribution in [0.2, 0.25) is 0 Å². The van der Waals surface area contributed by atoms with E-state index in [1.165, 1.54) is 4.90 Å². The van der Waals surface area contributed by atoms with Gasteiger partial charge in [-0.2, -0.15) is 12.6 Å². The van der Waals surface area contributed by atoms with Crippen LogP contribution >= 0.6 is 12.6 Å². The molecule has 0 radical (unpaired) electrons. The molecule has 15 heavy (non-hydrogen) atoms. The molecule has 1 unspecified atom stereocenters. The second-order valence-corrected chi connectivity index (χ2v) is 3.78. The van der Waals surface area contributed by atoms with Gasteiger partial charge in [-0.1, -0.05) is 25.1 Å². The van der Waals surface area contributed by atoms with Crippen LogP contribution in [-0.4, -0.2) is 23.4 Å². The summed E-state index contributed by atoms with van der Waals surface area (Å²) in [6, 6.07) is 8.99. The molecule has 0 aliphatic rings. The summed E-state index contributed by atoms with van der Waals surface area (Å²) in [5, 5.41) is -0.110. The fourth-order valence-corrected chi connectivity index (χ4v) is 1.15. The van der Waals surface area contributed by atoms with Crippen molar-refractivity contribution in [1.29, 1.82) is 0 Å². The van der Waals surface area contributed by atoms with Crippen LogP contribution in [-0.2, 0) is 0 Å². The third-order valence-corrected chi connectivity index (χ3v) is 2.76. The van der Waals surface area contributed by atoms with E-state index in [2.05, 4.69) is 12.6 Å². The van der Waals surface area contributed by atoms with E-state index in [4.69, 9.17) is 4.74 Å². The minimum atomic E-state index is -0.386. The standard InChI is InChI=1S/C11H15NO2S/c1-3-10(15)12(2)11(13)14-9-7-5-4-6-8-9/h4-8,10,15H,3H2,1-2H3. The number of ether oxygens (including phenoxy) is 1. The van der Waals surface area contributed by atoms with E-state index in [0.29, 0.717) is 5.75 Å². The molecule has 0 N–H and O–H groups in total. The summed E-state index contributed by atoms with van der Waals surface area (Å²) >= 11 is 4.26. The van der Waals surface area contributed by atoms with Crippen LogP contribution in [0.4, 0.5) is 4.79 Å². The third-order valence-electron chi connectivity index (χ3n) is 2.05. The molecule has 1 rings (SSSR count). The van der Waals surface area contributed by atoms with Crippen LogP contribution in [0.1, 0.15) is 13.3 Å². The number of rotatable bonds is 3. The van der Waals surface area contributed by atoms with Crippen LogP contribution in [0.25, 0.3) is 0 Å². The minimum Gasteiger partial charge on any atom is -0.410 e. The van der Waals surface area contributed by atoms with Gasteiger partial charge in [-0.3, -0.25) is 4.90 Å². The van der Waals surface area contributed by atoms with E-state index in [9.17, 15) is 4.79 Å². The van der Waals surface area contributed by atoms with Gasteiger partial charge in [0, 0.05) is 7.05 Å². The zero-order valence-corrected chi connectivity index (χ0v) is 9.78. The van der Waals surface area contributed by atoms with Gasteiger partial charge in [-0.05, 0) is 18.6 Å². The molecule has 0 fully saturated rings. The Kier molecular flexibility index (Phi) is 4.49.